The van der Waals surface area contributed by atoms with Gasteiger partial charge in [0.2, 0.25) is 0 Å². The van der Waals surface area contributed by atoms with Crippen LogP contribution < -0.4 is 9.47 Å². The molecule has 126 valence electrons. The fourth-order valence-electron chi connectivity index (χ4n) is 1.89. The molecule has 24 heavy (non-hydrogen) atoms. The number of carboxylic acid groups (broad SMARTS) is 1. The van der Waals surface area contributed by atoms with Gasteiger partial charge in [-0.25, -0.2) is 9.59 Å². The molecule has 0 saturated carbocycles. The van der Waals surface area contributed by atoms with Crippen molar-refractivity contribution in [3.63, 3.8) is 0 Å². The van der Waals surface area contributed by atoms with Crippen molar-refractivity contribution in [2.24, 2.45) is 0 Å². The van der Waals surface area contributed by atoms with E-state index >= 15 is 0 Å². The van der Waals surface area contributed by atoms with E-state index in [1.54, 1.807) is 24.3 Å². The Morgan fingerprint density at radius 3 is 2.54 bits per heavy atom. The van der Waals surface area contributed by atoms with Crippen LogP contribution in [-0.4, -0.2) is 23.1 Å². The van der Waals surface area contributed by atoms with Crippen molar-refractivity contribution in [1.29, 1.82) is 0 Å². The molecule has 1 atom stereocenters. The summed E-state index contributed by atoms with van der Waals surface area (Å²) in [5, 5.41) is 8.94. The summed E-state index contributed by atoms with van der Waals surface area (Å²) in [7, 11) is 0. The molecule has 0 spiro atoms. The highest BCUT2D eigenvalue weighted by molar-refractivity contribution is 9.10. The smallest absolute Gasteiger partial charge is 0.343 e. The minimum Gasteiger partial charge on any atom is -0.491 e. The number of ether oxygens (including phenoxy) is 2. The van der Waals surface area contributed by atoms with Crippen molar-refractivity contribution in [3.8, 4) is 11.5 Å². The van der Waals surface area contributed by atoms with Gasteiger partial charge in [-0.3, -0.25) is 0 Å². The highest BCUT2D eigenvalue weighted by atomic mass is 79.9. The Bertz CT molecular complexity index is 757. The number of esters is 1. The molecule has 0 bridgehead atoms. The monoisotopic (exact) mass is 392 g/mol. The maximum absolute atomic E-state index is 12.3. The lowest BCUT2D eigenvalue weighted by molar-refractivity contribution is 0.0696. The average molecular weight is 393 g/mol. The molecule has 2 rings (SSSR count). The summed E-state index contributed by atoms with van der Waals surface area (Å²) in [6, 6.07) is 10.9. The van der Waals surface area contributed by atoms with Crippen LogP contribution in [-0.2, 0) is 0 Å². The summed E-state index contributed by atoms with van der Waals surface area (Å²) in [6.07, 6.45) is 0.909. The summed E-state index contributed by atoms with van der Waals surface area (Å²) in [6.45, 7) is 3.97. The van der Waals surface area contributed by atoms with Crippen LogP contribution in [0.3, 0.4) is 0 Å². The predicted octanol–water partition coefficient (Wildman–Crippen LogP) is 4.54. The van der Waals surface area contributed by atoms with Gasteiger partial charge in [0.1, 0.15) is 11.5 Å². The second-order valence-electron chi connectivity index (χ2n) is 5.20. The first-order chi connectivity index (χ1) is 11.4. The van der Waals surface area contributed by atoms with Gasteiger partial charge in [-0.2, -0.15) is 0 Å². The van der Waals surface area contributed by atoms with Gasteiger partial charge in [-0.15, -0.1) is 0 Å². The largest absolute Gasteiger partial charge is 0.491 e. The molecule has 1 N–H and O–H groups in total. The topological polar surface area (TPSA) is 72.8 Å². The average Bonchev–Trinajstić information content (AvgIpc) is 2.56. The van der Waals surface area contributed by atoms with Crippen LogP contribution in [0, 0.1) is 0 Å². The maximum Gasteiger partial charge on any atom is 0.343 e. The van der Waals surface area contributed by atoms with E-state index < -0.39 is 11.9 Å². The normalized spacial score (nSPS) is 11.6. The quantitative estimate of drug-likeness (QED) is 0.576. The molecule has 0 fully saturated rings. The van der Waals surface area contributed by atoms with Crippen LogP contribution in [0.4, 0.5) is 0 Å². The number of aromatic carboxylic acids is 1. The number of carboxylic acids is 1. The van der Waals surface area contributed by atoms with Crippen LogP contribution in [0.25, 0.3) is 0 Å². The van der Waals surface area contributed by atoms with E-state index in [0.29, 0.717) is 15.8 Å². The molecule has 5 nitrogen and oxygen atoms in total. The molecule has 0 radical (unpaired) electrons. The van der Waals surface area contributed by atoms with Crippen LogP contribution >= 0.6 is 15.9 Å². The van der Waals surface area contributed by atoms with E-state index in [1.165, 1.54) is 18.2 Å². The molecule has 0 amide bonds. The third kappa shape index (κ3) is 4.58. The zero-order valence-corrected chi connectivity index (χ0v) is 14.9. The number of rotatable bonds is 6. The van der Waals surface area contributed by atoms with Gasteiger partial charge in [-0.05, 0) is 65.7 Å². The van der Waals surface area contributed by atoms with Gasteiger partial charge in [0.05, 0.1) is 21.7 Å². The van der Waals surface area contributed by atoms with Crippen LogP contribution in [0.5, 0.6) is 11.5 Å². The molecule has 0 saturated heterocycles. The number of halogens is 1. The zero-order chi connectivity index (χ0) is 17.7. The predicted molar refractivity (Wildman–Crippen MR) is 92.9 cm³/mol. The van der Waals surface area contributed by atoms with Crippen molar-refractivity contribution in [3.05, 3.63) is 58.1 Å². The Labute approximate surface area is 148 Å². The Kier molecular flexibility index (Phi) is 5.98. The van der Waals surface area contributed by atoms with Gasteiger partial charge in [0.25, 0.3) is 0 Å². The fourth-order valence-corrected chi connectivity index (χ4v) is 2.35. The van der Waals surface area contributed by atoms with E-state index in [1.807, 2.05) is 13.8 Å². The molecule has 1 unspecified atom stereocenters. The Hall–Kier alpha value is -2.34. The van der Waals surface area contributed by atoms with Crippen molar-refractivity contribution >= 4 is 27.9 Å². The van der Waals surface area contributed by atoms with E-state index in [4.69, 9.17) is 14.6 Å². The van der Waals surface area contributed by atoms with E-state index in [0.717, 1.165) is 6.42 Å². The summed E-state index contributed by atoms with van der Waals surface area (Å²) in [5.41, 5.74) is 0.454. The molecular formula is C18H17BrO5. The van der Waals surface area contributed by atoms with Crippen LogP contribution in [0.15, 0.2) is 46.9 Å². The first-order valence-electron chi connectivity index (χ1n) is 7.42. The highest BCUT2D eigenvalue weighted by Crippen LogP contribution is 2.27. The van der Waals surface area contributed by atoms with Crippen molar-refractivity contribution in [1.82, 2.24) is 0 Å². The Morgan fingerprint density at radius 2 is 1.92 bits per heavy atom. The van der Waals surface area contributed by atoms with Crippen molar-refractivity contribution < 1.29 is 24.2 Å². The fraction of sp³-hybridized carbons (Fsp3) is 0.222. The van der Waals surface area contributed by atoms with Crippen LogP contribution in [0.1, 0.15) is 41.0 Å². The van der Waals surface area contributed by atoms with Crippen molar-refractivity contribution in [2.75, 3.05) is 0 Å². The van der Waals surface area contributed by atoms with Gasteiger partial charge in [0, 0.05) is 0 Å². The summed E-state index contributed by atoms with van der Waals surface area (Å²) in [4.78, 5) is 23.2. The molecule has 0 heterocycles. The molecule has 0 aliphatic heterocycles. The Balaban J connectivity index is 2.15. The lowest BCUT2D eigenvalue weighted by atomic mass is 10.2. The van der Waals surface area contributed by atoms with E-state index in [-0.39, 0.29) is 17.4 Å². The zero-order valence-electron chi connectivity index (χ0n) is 13.3. The summed E-state index contributed by atoms with van der Waals surface area (Å²) < 4.78 is 11.4. The molecule has 0 aliphatic carbocycles. The third-order valence-electron chi connectivity index (χ3n) is 3.36. The van der Waals surface area contributed by atoms with Crippen LogP contribution in [0.2, 0.25) is 0 Å². The standard InChI is InChI=1S/C18H17BrO5/c1-3-11(2)23-14-6-4-5-13(9-14)18(22)24-16-8-7-12(17(20)21)10-15(16)19/h4-11H,3H2,1-2H3,(H,20,21). The van der Waals surface area contributed by atoms with Gasteiger partial charge < -0.3 is 14.6 Å². The lowest BCUT2D eigenvalue weighted by Crippen LogP contribution is -2.12. The number of benzene rings is 2. The highest BCUT2D eigenvalue weighted by Gasteiger charge is 2.14. The minimum atomic E-state index is -1.05. The summed E-state index contributed by atoms with van der Waals surface area (Å²) >= 11 is 3.21. The molecule has 2 aromatic carbocycles. The molecular weight excluding hydrogens is 376 g/mol. The molecule has 2 aromatic rings. The SMILES string of the molecule is CCC(C)Oc1cccc(C(=O)Oc2ccc(C(=O)O)cc2Br)c1. The number of carbonyl (C=O) groups is 2. The second kappa shape index (κ2) is 7.97. The first-order valence-corrected chi connectivity index (χ1v) is 8.21. The van der Waals surface area contributed by atoms with Gasteiger partial charge in [0.15, 0.2) is 0 Å². The third-order valence-corrected chi connectivity index (χ3v) is 3.98. The van der Waals surface area contributed by atoms with E-state index in [9.17, 15) is 9.59 Å². The molecule has 0 aromatic heterocycles. The maximum atomic E-state index is 12.3. The molecule has 0 aliphatic rings. The summed E-state index contributed by atoms with van der Waals surface area (Å²) in [5.74, 6) is -0.755. The molecule has 6 heteroatoms. The number of hydrogen-bond donors (Lipinski definition) is 1. The number of carbonyl (C=O) groups excluding carboxylic acids is 1. The van der Waals surface area contributed by atoms with Gasteiger partial charge >= 0.3 is 11.9 Å². The van der Waals surface area contributed by atoms with E-state index in [2.05, 4.69) is 15.9 Å². The lowest BCUT2D eigenvalue weighted by Gasteiger charge is -2.13. The first kappa shape index (κ1) is 18.0. The Morgan fingerprint density at radius 1 is 1.17 bits per heavy atom. The van der Waals surface area contributed by atoms with Gasteiger partial charge in [-0.1, -0.05) is 13.0 Å². The van der Waals surface area contributed by atoms with Crippen molar-refractivity contribution in [2.45, 2.75) is 26.4 Å². The number of hydrogen-bond acceptors (Lipinski definition) is 4. The second-order valence-corrected chi connectivity index (χ2v) is 6.06. The minimum absolute atomic E-state index is 0.0500.